The minimum absolute atomic E-state index is 0.674. The normalized spacial score (nSPS) is 20.9. The summed E-state index contributed by atoms with van der Waals surface area (Å²) in [6.07, 6.45) is 1.23. The fourth-order valence-corrected chi connectivity index (χ4v) is 3.22. The first-order valence-corrected chi connectivity index (χ1v) is 7.01. The maximum Gasteiger partial charge on any atom is 0.206 e. The second-order valence-corrected chi connectivity index (χ2v) is 5.65. The molecule has 1 aliphatic rings. The van der Waals surface area contributed by atoms with Gasteiger partial charge in [-0.05, 0) is 31.7 Å². The molecule has 1 N–H and O–H groups in total. The van der Waals surface area contributed by atoms with Gasteiger partial charge in [0.15, 0.2) is 3.95 Å². The highest BCUT2D eigenvalue weighted by Crippen LogP contribution is 2.24. The first kappa shape index (κ1) is 12.0. The zero-order valence-electron chi connectivity index (χ0n) is 9.77. The molecule has 0 spiro atoms. The van der Waals surface area contributed by atoms with Gasteiger partial charge in [0.05, 0.1) is 0 Å². The molecule has 90 valence electrons. The molecule has 0 aromatic carbocycles. The lowest BCUT2D eigenvalue weighted by atomic mass is 10.2. The lowest BCUT2D eigenvalue weighted by Gasteiger charge is -2.25. The van der Waals surface area contributed by atoms with Gasteiger partial charge in [0.1, 0.15) is 0 Å². The maximum absolute atomic E-state index is 5.06. The fourth-order valence-electron chi connectivity index (χ4n) is 2.31. The van der Waals surface area contributed by atoms with Crippen LogP contribution in [0.2, 0.25) is 0 Å². The van der Waals surface area contributed by atoms with Crippen LogP contribution in [0.4, 0.5) is 5.13 Å². The van der Waals surface area contributed by atoms with E-state index in [2.05, 4.69) is 33.8 Å². The highest BCUT2D eigenvalue weighted by Gasteiger charge is 2.27. The van der Waals surface area contributed by atoms with Crippen molar-refractivity contribution in [3.8, 4) is 0 Å². The molecule has 1 unspecified atom stereocenters. The first-order chi connectivity index (χ1) is 7.74. The molecule has 2 rings (SSSR count). The number of nitrogens with zero attached hydrogens (tertiary/aromatic N) is 3. The predicted molar refractivity (Wildman–Crippen MR) is 70.8 cm³/mol. The van der Waals surface area contributed by atoms with E-state index in [1.54, 1.807) is 11.3 Å². The summed E-state index contributed by atoms with van der Waals surface area (Å²) in [6.45, 7) is 8.89. The summed E-state index contributed by atoms with van der Waals surface area (Å²) < 4.78 is 0.765. The van der Waals surface area contributed by atoms with E-state index in [1.807, 2.05) is 0 Å². The van der Waals surface area contributed by atoms with Crippen LogP contribution < -0.4 is 4.90 Å². The second kappa shape index (κ2) is 5.25. The number of aromatic amines is 1. The molecular weight excluding hydrogens is 240 g/mol. The van der Waals surface area contributed by atoms with Crippen LogP contribution in [-0.2, 0) is 0 Å². The second-order valence-electron chi connectivity index (χ2n) is 4.01. The minimum Gasteiger partial charge on any atom is -0.345 e. The number of anilines is 1. The average Bonchev–Trinajstić information content (AvgIpc) is 2.89. The summed E-state index contributed by atoms with van der Waals surface area (Å²) >= 11 is 6.63. The Kier molecular flexibility index (Phi) is 3.94. The molecule has 0 radical (unpaired) electrons. The van der Waals surface area contributed by atoms with E-state index in [4.69, 9.17) is 12.2 Å². The van der Waals surface area contributed by atoms with Crippen LogP contribution in [0.1, 0.15) is 20.3 Å². The van der Waals surface area contributed by atoms with E-state index >= 15 is 0 Å². The molecule has 1 aromatic rings. The summed E-state index contributed by atoms with van der Waals surface area (Å²) in [5, 5.41) is 8.13. The molecule has 0 amide bonds. The number of likely N-dealkylation sites (N-methyl/N-ethyl adjacent to an activating group) is 1. The SMILES string of the molecule is CCN(CC)C1CCN(c2n[nH]c(=S)s2)C1. The number of rotatable bonds is 4. The number of nitrogens with one attached hydrogen (secondary N) is 1. The monoisotopic (exact) mass is 258 g/mol. The van der Waals surface area contributed by atoms with E-state index in [0.717, 1.165) is 35.3 Å². The van der Waals surface area contributed by atoms with Gasteiger partial charge in [-0.15, -0.1) is 5.10 Å². The van der Waals surface area contributed by atoms with Crippen LogP contribution in [0.15, 0.2) is 0 Å². The first-order valence-electron chi connectivity index (χ1n) is 5.79. The van der Waals surface area contributed by atoms with Crippen molar-refractivity contribution in [2.45, 2.75) is 26.3 Å². The van der Waals surface area contributed by atoms with Crippen molar-refractivity contribution in [1.29, 1.82) is 0 Å². The van der Waals surface area contributed by atoms with Gasteiger partial charge in [0.25, 0.3) is 0 Å². The third kappa shape index (κ3) is 2.44. The van der Waals surface area contributed by atoms with Crippen molar-refractivity contribution in [2.75, 3.05) is 31.1 Å². The zero-order valence-corrected chi connectivity index (χ0v) is 11.4. The standard InChI is InChI=1S/C10H18N4S2/c1-3-13(4-2)8-5-6-14(7-8)9-11-12-10(15)16-9/h8H,3-7H2,1-2H3,(H,12,15). The molecule has 0 bridgehead atoms. The predicted octanol–water partition coefficient (Wildman–Crippen LogP) is 2.12. The average molecular weight is 258 g/mol. The fraction of sp³-hybridized carbons (Fsp3) is 0.800. The zero-order chi connectivity index (χ0) is 11.5. The molecule has 1 aromatic heterocycles. The van der Waals surface area contributed by atoms with Gasteiger partial charge in [-0.2, -0.15) is 0 Å². The summed E-state index contributed by atoms with van der Waals surface area (Å²) in [6, 6.07) is 0.674. The Bertz CT molecular complexity index is 382. The van der Waals surface area contributed by atoms with Crippen LogP contribution in [0.25, 0.3) is 0 Å². The van der Waals surface area contributed by atoms with Gasteiger partial charge in [-0.3, -0.25) is 10.00 Å². The van der Waals surface area contributed by atoms with Crippen LogP contribution in [0, 0.1) is 3.95 Å². The molecule has 0 aliphatic carbocycles. The molecule has 2 heterocycles. The Morgan fingerprint density at radius 1 is 1.56 bits per heavy atom. The van der Waals surface area contributed by atoms with E-state index in [9.17, 15) is 0 Å². The van der Waals surface area contributed by atoms with Gasteiger partial charge in [0.2, 0.25) is 5.13 Å². The lowest BCUT2D eigenvalue weighted by Crippen LogP contribution is -2.37. The van der Waals surface area contributed by atoms with Crippen molar-refractivity contribution < 1.29 is 0 Å². The van der Waals surface area contributed by atoms with E-state index in [1.165, 1.54) is 6.42 Å². The van der Waals surface area contributed by atoms with E-state index < -0.39 is 0 Å². The summed E-state index contributed by atoms with van der Waals surface area (Å²) in [5.74, 6) is 0. The topological polar surface area (TPSA) is 35.2 Å². The Morgan fingerprint density at radius 3 is 2.88 bits per heavy atom. The highest BCUT2D eigenvalue weighted by atomic mass is 32.1. The Morgan fingerprint density at radius 2 is 2.31 bits per heavy atom. The number of H-pyrrole nitrogens is 1. The van der Waals surface area contributed by atoms with Crippen LogP contribution in [-0.4, -0.2) is 47.3 Å². The van der Waals surface area contributed by atoms with E-state index in [-0.39, 0.29) is 0 Å². The molecule has 4 nitrogen and oxygen atoms in total. The van der Waals surface area contributed by atoms with Crippen molar-refractivity contribution in [2.24, 2.45) is 0 Å². The maximum atomic E-state index is 5.06. The molecule has 16 heavy (non-hydrogen) atoms. The third-order valence-electron chi connectivity index (χ3n) is 3.19. The van der Waals surface area contributed by atoms with Crippen molar-refractivity contribution >= 4 is 28.7 Å². The van der Waals surface area contributed by atoms with Gasteiger partial charge in [0, 0.05) is 19.1 Å². The smallest absolute Gasteiger partial charge is 0.206 e. The molecule has 0 saturated carbocycles. The quantitative estimate of drug-likeness (QED) is 0.839. The molecule has 1 saturated heterocycles. The van der Waals surface area contributed by atoms with Crippen molar-refractivity contribution in [3.63, 3.8) is 0 Å². The molecule has 1 atom stereocenters. The highest BCUT2D eigenvalue weighted by molar-refractivity contribution is 7.73. The molecule has 1 fully saturated rings. The summed E-state index contributed by atoms with van der Waals surface area (Å²) in [5.41, 5.74) is 0. The lowest BCUT2D eigenvalue weighted by molar-refractivity contribution is 0.232. The molecular formula is C10H18N4S2. The largest absolute Gasteiger partial charge is 0.345 e. The van der Waals surface area contributed by atoms with E-state index in [0.29, 0.717) is 6.04 Å². The summed E-state index contributed by atoms with van der Waals surface area (Å²) in [4.78, 5) is 4.85. The van der Waals surface area contributed by atoms with Gasteiger partial charge >= 0.3 is 0 Å². The Balaban J connectivity index is 2.00. The Hall–Kier alpha value is -0.460. The Labute approximate surface area is 105 Å². The number of aromatic nitrogens is 2. The van der Waals surface area contributed by atoms with Crippen molar-refractivity contribution in [1.82, 2.24) is 15.1 Å². The van der Waals surface area contributed by atoms with Gasteiger partial charge in [-0.1, -0.05) is 25.2 Å². The van der Waals surface area contributed by atoms with Crippen molar-refractivity contribution in [3.05, 3.63) is 3.95 Å². The van der Waals surface area contributed by atoms with Crippen LogP contribution in [0.3, 0.4) is 0 Å². The third-order valence-corrected chi connectivity index (χ3v) is 4.34. The molecule has 6 heteroatoms. The van der Waals surface area contributed by atoms with Gasteiger partial charge in [-0.25, -0.2) is 0 Å². The minimum atomic E-state index is 0.674. The number of hydrogen-bond acceptors (Lipinski definition) is 5. The molecule has 1 aliphatic heterocycles. The van der Waals surface area contributed by atoms with Crippen LogP contribution >= 0.6 is 23.6 Å². The summed E-state index contributed by atoms with van der Waals surface area (Å²) in [7, 11) is 0. The van der Waals surface area contributed by atoms with Gasteiger partial charge < -0.3 is 4.90 Å². The number of hydrogen-bond donors (Lipinski definition) is 1. The van der Waals surface area contributed by atoms with Crippen LogP contribution in [0.5, 0.6) is 0 Å².